The Hall–Kier alpha value is -2.58. The Morgan fingerprint density at radius 2 is 1.83 bits per heavy atom. The van der Waals surface area contributed by atoms with Gasteiger partial charge in [-0.1, -0.05) is 13.8 Å². The van der Waals surface area contributed by atoms with Gasteiger partial charge in [-0.2, -0.15) is 4.79 Å². The fourth-order valence-electron chi connectivity index (χ4n) is 1.18. The quantitative estimate of drug-likeness (QED) is 0.313. The first-order valence-corrected chi connectivity index (χ1v) is 7.00. The minimum absolute atomic E-state index is 0.216. The van der Waals surface area contributed by atoms with Crippen LogP contribution < -0.4 is 5.73 Å². The van der Waals surface area contributed by atoms with Crippen molar-refractivity contribution < 1.29 is 33.8 Å². The topological polar surface area (TPSA) is 163 Å². The second-order valence-electron chi connectivity index (χ2n) is 5.97. The smallest absolute Gasteiger partial charge is 0.417 e. The lowest BCUT2D eigenvalue weighted by Gasteiger charge is -2.27. The summed E-state index contributed by atoms with van der Waals surface area (Å²) >= 11 is 0. The van der Waals surface area contributed by atoms with E-state index in [9.17, 15) is 14.4 Å². The number of hydrogen-bond donors (Lipinski definition) is 2. The molecule has 0 aliphatic heterocycles. The zero-order valence-electron chi connectivity index (χ0n) is 14.4. The molecule has 0 aromatic heterocycles. The van der Waals surface area contributed by atoms with Gasteiger partial charge >= 0.3 is 18.3 Å². The van der Waals surface area contributed by atoms with Crippen molar-refractivity contribution in [3.05, 3.63) is 5.53 Å². The highest BCUT2D eigenvalue weighted by atomic mass is 16.6. The summed E-state index contributed by atoms with van der Waals surface area (Å²) < 4.78 is 5.00. The molecule has 2 amide bonds. The Bertz CT molecular complexity index is 506. The van der Waals surface area contributed by atoms with Gasteiger partial charge in [0, 0.05) is 0 Å². The van der Waals surface area contributed by atoms with Crippen LogP contribution in [0.4, 0.5) is 4.79 Å². The van der Waals surface area contributed by atoms with Crippen LogP contribution >= 0.6 is 0 Å². The first kappa shape index (κ1) is 23.7. The third-order valence-electron chi connectivity index (χ3n) is 2.30. The van der Waals surface area contributed by atoms with Gasteiger partial charge in [-0.3, -0.25) is 14.4 Å². The second kappa shape index (κ2) is 11.0. The highest BCUT2D eigenvalue weighted by Crippen LogP contribution is 2.12. The first-order chi connectivity index (χ1) is 10.9. The maximum atomic E-state index is 12.0. The molecule has 3 N–H and O–H groups in total. The summed E-state index contributed by atoms with van der Waals surface area (Å²) in [5.74, 6) is -2.28. The number of aliphatic carboxylic acids is 1. The summed E-state index contributed by atoms with van der Waals surface area (Å²) in [5, 5.41) is 8.76. The van der Waals surface area contributed by atoms with Crippen molar-refractivity contribution in [1.82, 2.24) is 4.90 Å². The van der Waals surface area contributed by atoms with Crippen molar-refractivity contribution in [2.45, 2.75) is 46.3 Å². The van der Waals surface area contributed by atoms with Crippen LogP contribution in [-0.2, 0) is 19.1 Å². The summed E-state index contributed by atoms with van der Waals surface area (Å²) in [7, 11) is 0. The van der Waals surface area contributed by atoms with Crippen molar-refractivity contribution in [1.29, 1.82) is 0 Å². The number of imide groups is 1. The van der Waals surface area contributed by atoms with Crippen LogP contribution in [0.25, 0.3) is 5.53 Å². The number of ether oxygens (including phenoxy) is 1. The van der Waals surface area contributed by atoms with E-state index in [-0.39, 0.29) is 5.92 Å². The Morgan fingerprint density at radius 3 is 2.08 bits per heavy atom. The van der Waals surface area contributed by atoms with E-state index in [1.54, 1.807) is 34.6 Å². The summed E-state index contributed by atoms with van der Waals surface area (Å²) in [6.45, 7) is 7.51. The predicted octanol–water partition coefficient (Wildman–Crippen LogP) is 0.304. The Labute approximate surface area is 140 Å². The molecule has 136 valence electrons. The van der Waals surface area contributed by atoms with E-state index < -0.39 is 36.2 Å². The zero-order chi connectivity index (χ0) is 19.5. The molecular weight excluding hydrogens is 320 g/mol. The molecule has 0 fully saturated rings. The van der Waals surface area contributed by atoms with Crippen LogP contribution in [0.3, 0.4) is 0 Å². The molecule has 0 heterocycles. The second-order valence-corrected chi connectivity index (χ2v) is 5.97. The molecule has 1 unspecified atom stereocenters. The minimum Gasteiger partial charge on any atom is -0.480 e. The van der Waals surface area contributed by atoms with Crippen molar-refractivity contribution in [2.24, 2.45) is 11.7 Å². The normalized spacial score (nSPS) is 11.3. The molecular formula is C14H24N4O6. The van der Waals surface area contributed by atoms with Gasteiger partial charge in [-0.25, -0.2) is 9.69 Å². The van der Waals surface area contributed by atoms with Gasteiger partial charge in [-0.05, 0) is 26.7 Å². The minimum atomic E-state index is -1.31. The van der Waals surface area contributed by atoms with Crippen LogP contribution in [0, 0.1) is 5.92 Å². The van der Waals surface area contributed by atoms with Crippen LogP contribution in [0.15, 0.2) is 0 Å². The van der Waals surface area contributed by atoms with Crippen LogP contribution in [0.1, 0.15) is 34.6 Å². The molecule has 10 heteroatoms. The first-order valence-electron chi connectivity index (χ1n) is 7.00. The number of nitrogens with zero attached hydrogens (tertiary/aromatic N) is 3. The van der Waals surface area contributed by atoms with Crippen molar-refractivity contribution >= 4 is 30.5 Å². The molecule has 0 saturated heterocycles. The lowest BCUT2D eigenvalue weighted by molar-refractivity contribution is -0.144. The highest BCUT2D eigenvalue weighted by Gasteiger charge is 2.33. The molecule has 0 saturated carbocycles. The molecule has 10 nitrogen and oxygen atoms in total. The number of rotatable bonds is 5. The van der Waals surface area contributed by atoms with E-state index in [0.717, 1.165) is 6.21 Å². The van der Waals surface area contributed by atoms with Gasteiger partial charge in [0.25, 0.3) is 0 Å². The van der Waals surface area contributed by atoms with E-state index in [2.05, 4.69) is 4.79 Å². The van der Waals surface area contributed by atoms with Crippen LogP contribution in [0.5, 0.6) is 0 Å². The largest absolute Gasteiger partial charge is 0.480 e. The molecule has 0 aromatic carbocycles. The monoisotopic (exact) mass is 344 g/mol. The molecule has 0 bridgehead atoms. The summed E-state index contributed by atoms with van der Waals surface area (Å²) in [6, 6.07) is -0.952. The van der Waals surface area contributed by atoms with E-state index in [4.69, 9.17) is 25.9 Å². The lowest BCUT2D eigenvalue weighted by Crippen LogP contribution is -2.52. The lowest BCUT2D eigenvalue weighted by atomic mass is 10.0. The Kier molecular flexibility index (Phi) is 10.9. The van der Waals surface area contributed by atoms with Gasteiger partial charge < -0.3 is 21.1 Å². The standard InChI is InChI=1S/C12H22N2O5.C2H2N2O/c1-7(2)9(13)10(17)14(6-8(15)16)11(18)19-12(3,4)5;3-4-1-2-5/h7,9H,6,13H2,1-5H3,(H,15,16);1-2H. The third-order valence-corrected chi connectivity index (χ3v) is 2.30. The fourth-order valence-corrected chi connectivity index (χ4v) is 1.18. The molecule has 0 aromatic rings. The molecule has 0 radical (unpaired) electrons. The zero-order valence-corrected chi connectivity index (χ0v) is 14.4. The molecule has 0 aliphatic carbocycles. The maximum absolute atomic E-state index is 12.0. The average molecular weight is 344 g/mol. The van der Waals surface area contributed by atoms with E-state index in [1.165, 1.54) is 0 Å². The maximum Gasteiger partial charge on any atom is 0.417 e. The van der Waals surface area contributed by atoms with Crippen LogP contribution in [0.2, 0.25) is 0 Å². The van der Waals surface area contributed by atoms with Crippen LogP contribution in [-0.4, -0.2) is 63.5 Å². The predicted molar refractivity (Wildman–Crippen MR) is 84.1 cm³/mol. The van der Waals surface area contributed by atoms with E-state index >= 15 is 0 Å². The number of nitrogens with two attached hydrogens (primary N) is 1. The van der Waals surface area contributed by atoms with E-state index in [0.29, 0.717) is 11.2 Å². The van der Waals surface area contributed by atoms with Gasteiger partial charge in [-0.15, -0.1) is 0 Å². The average Bonchev–Trinajstić information content (AvgIpc) is 2.42. The fraction of sp³-hybridized carbons (Fsp3) is 0.643. The number of carbonyl (C=O) groups is 4. The summed E-state index contributed by atoms with van der Waals surface area (Å²) in [6.07, 6.45) is 0.135. The number of carbonyl (C=O) groups excluding carboxylic acids is 3. The molecule has 0 aliphatic rings. The van der Waals surface area contributed by atoms with Gasteiger partial charge in [0.1, 0.15) is 12.1 Å². The van der Waals surface area contributed by atoms with Crippen molar-refractivity contribution in [2.75, 3.05) is 6.54 Å². The highest BCUT2D eigenvalue weighted by molar-refractivity contribution is 6.09. The molecule has 1 atom stereocenters. The van der Waals surface area contributed by atoms with Gasteiger partial charge in [0.15, 0.2) is 0 Å². The van der Waals surface area contributed by atoms with Crippen molar-refractivity contribution in [3.8, 4) is 0 Å². The molecule has 0 rings (SSSR count). The Morgan fingerprint density at radius 1 is 1.33 bits per heavy atom. The van der Waals surface area contributed by atoms with Gasteiger partial charge in [0.2, 0.25) is 12.2 Å². The number of hydrogen-bond acceptors (Lipinski definition) is 6. The number of carboxylic acids is 1. The Balaban J connectivity index is 0. The number of amides is 2. The summed E-state index contributed by atoms with van der Waals surface area (Å²) in [4.78, 5) is 46.5. The number of carboxylic acid groups (broad SMARTS) is 1. The van der Waals surface area contributed by atoms with Crippen molar-refractivity contribution in [3.63, 3.8) is 0 Å². The third kappa shape index (κ3) is 11.0. The van der Waals surface area contributed by atoms with E-state index in [1.807, 2.05) is 0 Å². The SMILES string of the molecule is CC(C)C(N)C(=O)N(CC(=O)O)C(=O)OC(C)(C)C.[N-]=[N+]=CC=O. The number of aldehydes is 1. The molecule has 0 spiro atoms. The van der Waals surface area contributed by atoms with Gasteiger partial charge in [0.05, 0.1) is 6.04 Å². The molecule has 24 heavy (non-hydrogen) atoms. The summed E-state index contributed by atoms with van der Waals surface area (Å²) in [5.41, 5.74) is 12.2.